The summed E-state index contributed by atoms with van der Waals surface area (Å²) in [5, 5.41) is 13.3. The summed E-state index contributed by atoms with van der Waals surface area (Å²) < 4.78 is 1.53. The lowest BCUT2D eigenvalue weighted by Gasteiger charge is -2.13. The molecule has 0 fully saturated rings. The van der Waals surface area contributed by atoms with Gasteiger partial charge in [0.25, 0.3) is 5.56 Å². The molecule has 3 aromatic rings. The summed E-state index contributed by atoms with van der Waals surface area (Å²) in [5.74, 6) is 1.11. The summed E-state index contributed by atoms with van der Waals surface area (Å²) >= 11 is 1.65. The second-order valence-electron chi connectivity index (χ2n) is 7.60. The zero-order valence-electron chi connectivity index (χ0n) is 16.3. The van der Waals surface area contributed by atoms with E-state index < -0.39 is 0 Å². The number of rotatable bonds is 5. The third-order valence-corrected chi connectivity index (χ3v) is 6.60. The minimum Gasteiger partial charge on any atom is -0.378 e. The van der Waals surface area contributed by atoms with E-state index in [0.717, 1.165) is 35.2 Å². The largest absolute Gasteiger partial charge is 0.378 e. The average Bonchev–Trinajstić information content (AvgIpc) is 3.07. The number of nitrogens with zero attached hydrogens (tertiary/aromatic N) is 3. The van der Waals surface area contributed by atoms with Crippen molar-refractivity contribution < 1.29 is 0 Å². The first kappa shape index (κ1) is 18.7. The lowest BCUT2D eigenvalue weighted by Crippen LogP contribution is -2.26. The van der Waals surface area contributed by atoms with Gasteiger partial charge in [-0.1, -0.05) is 26.0 Å². The van der Waals surface area contributed by atoms with E-state index in [2.05, 4.69) is 37.4 Å². The fraction of sp³-hybridized carbons (Fsp3) is 0.409. The number of benzene rings is 1. The SMILES string of the molecule is CC(C)c1ccc(NCc2nc3sc4c(c3c(=O)n2CC#N)CCCC4)cc1. The van der Waals surface area contributed by atoms with Gasteiger partial charge in [0.1, 0.15) is 17.2 Å². The van der Waals surface area contributed by atoms with Crippen LogP contribution in [0.2, 0.25) is 0 Å². The van der Waals surface area contributed by atoms with Crippen molar-refractivity contribution in [1.82, 2.24) is 9.55 Å². The van der Waals surface area contributed by atoms with Crippen molar-refractivity contribution in [2.45, 2.75) is 58.5 Å². The maximum Gasteiger partial charge on any atom is 0.263 e. The summed E-state index contributed by atoms with van der Waals surface area (Å²) in [6.07, 6.45) is 4.27. The molecular weight excluding hydrogens is 368 g/mol. The third-order valence-electron chi connectivity index (χ3n) is 5.41. The summed E-state index contributed by atoms with van der Waals surface area (Å²) in [6, 6.07) is 10.4. The fourth-order valence-electron chi connectivity index (χ4n) is 3.82. The second kappa shape index (κ2) is 7.76. The maximum absolute atomic E-state index is 13.2. The van der Waals surface area contributed by atoms with Gasteiger partial charge in [-0.3, -0.25) is 9.36 Å². The normalized spacial score (nSPS) is 13.5. The topological polar surface area (TPSA) is 70.7 Å². The van der Waals surface area contributed by atoms with E-state index in [1.165, 1.54) is 27.0 Å². The molecule has 28 heavy (non-hydrogen) atoms. The molecule has 2 aromatic heterocycles. The lowest BCUT2D eigenvalue weighted by molar-refractivity contribution is 0.692. The Balaban J connectivity index is 1.68. The molecule has 0 unspecified atom stereocenters. The van der Waals surface area contributed by atoms with Crippen LogP contribution in [0.15, 0.2) is 29.1 Å². The first-order chi connectivity index (χ1) is 13.6. The highest BCUT2D eigenvalue weighted by Crippen LogP contribution is 2.33. The number of anilines is 1. The van der Waals surface area contributed by atoms with Gasteiger partial charge >= 0.3 is 0 Å². The van der Waals surface area contributed by atoms with Crippen molar-refractivity contribution in [2.75, 3.05) is 5.32 Å². The molecule has 0 saturated heterocycles. The highest BCUT2D eigenvalue weighted by atomic mass is 32.1. The van der Waals surface area contributed by atoms with E-state index in [9.17, 15) is 10.1 Å². The Hall–Kier alpha value is -2.65. The second-order valence-corrected chi connectivity index (χ2v) is 8.68. The minimum absolute atomic E-state index is 0.0235. The van der Waals surface area contributed by atoms with Crippen LogP contribution in [0, 0.1) is 11.3 Å². The number of nitrogens with one attached hydrogen (secondary N) is 1. The number of hydrogen-bond donors (Lipinski definition) is 1. The van der Waals surface area contributed by atoms with Crippen LogP contribution in [-0.2, 0) is 25.9 Å². The Morgan fingerprint density at radius 1 is 1.25 bits per heavy atom. The van der Waals surface area contributed by atoms with Crippen molar-refractivity contribution in [3.63, 3.8) is 0 Å². The van der Waals surface area contributed by atoms with E-state index in [0.29, 0.717) is 18.3 Å². The molecule has 4 rings (SSSR count). The van der Waals surface area contributed by atoms with Crippen molar-refractivity contribution in [2.24, 2.45) is 0 Å². The van der Waals surface area contributed by atoms with E-state index in [-0.39, 0.29) is 12.1 Å². The van der Waals surface area contributed by atoms with Gasteiger partial charge in [-0.15, -0.1) is 11.3 Å². The predicted octanol–water partition coefficient (Wildman–Crippen LogP) is 4.60. The Morgan fingerprint density at radius 2 is 2.00 bits per heavy atom. The molecule has 0 aliphatic heterocycles. The molecule has 0 bridgehead atoms. The maximum atomic E-state index is 13.2. The van der Waals surface area contributed by atoms with Crippen molar-refractivity contribution in [3.8, 4) is 6.07 Å². The molecule has 0 saturated carbocycles. The molecule has 144 valence electrons. The van der Waals surface area contributed by atoms with Gasteiger partial charge < -0.3 is 5.32 Å². The highest BCUT2D eigenvalue weighted by molar-refractivity contribution is 7.18. The van der Waals surface area contributed by atoms with E-state index >= 15 is 0 Å². The summed E-state index contributed by atoms with van der Waals surface area (Å²) in [4.78, 5) is 20.1. The third kappa shape index (κ3) is 3.43. The molecule has 1 aromatic carbocycles. The molecule has 6 heteroatoms. The predicted molar refractivity (Wildman–Crippen MR) is 114 cm³/mol. The minimum atomic E-state index is -0.0714. The van der Waals surface area contributed by atoms with Gasteiger partial charge in [0.05, 0.1) is 18.0 Å². The average molecular weight is 393 g/mol. The quantitative estimate of drug-likeness (QED) is 0.689. The number of fused-ring (bicyclic) bond motifs is 3. The molecule has 1 aliphatic carbocycles. The number of aromatic nitrogens is 2. The summed E-state index contributed by atoms with van der Waals surface area (Å²) in [7, 11) is 0. The standard InChI is InChI=1S/C22H24N4OS/c1-14(2)15-7-9-16(10-8-15)24-13-19-25-21-20(22(27)26(19)12-11-23)17-5-3-4-6-18(17)28-21/h7-10,14,24H,3-6,12-13H2,1-2H3. The Bertz CT molecular complexity index is 1100. The fourth-order valence-corrected chi connectivity index (χ4v) is 5.09. The number of thiophene rings is 1. The van der Waals surface area contributed by atoms with Gasteiger partial charge in [-0.2, -0.15) is 5.26 Å². The number of hydrogen-bond acceptors (Lipinski definition) is 5. The van der Waals surface area contributed by atoms with E-state index in [1.807, 2.05) is 12.1 Å². The molecule has 0 amide bonds. The Morgan fingerprint density at radius 3 is 2.71 bits per heavy atom. The molecule has 0 atom stereocenters. The monoisotopic (exact) mass is 392 g/mol. The molecular formula is C22H24N4OS. The molecule has 0 spiro atoms. The highest BCUT2D eigenvalue weighted by Gasteiger charge is 2.21. The summed E-state index contributed by atoms with van der Waals surface area (Å²) in [5.41, 5.74) is 3.36. The number of nitriles is 1. The zero-order chi connectivity index (χ0) is 19.7. The van der Waals surface area contributed by atoms with Crippen LogP contribution in [0.3, 0.4) is 0 Å². The van der Waals surface area contributed by atoms with Gasteiger partial charge in [0.2, 0.25) is 0 Å². The lowest BCUT2D eigenvalue weighted by atomic mass is 9.97. The summed E-state index contributed by atoms with van der Waals surface area (Å²) in [6.45, 7) is 4.78. The first-order valence-corrected chi connectivity index (χ1v) is 10.6. The van der Waals surface area contributed by atoms with Crippen LogP contribution in [-0.4, -0.2) is 9.55 Å². The molecule has 1 N–H and O–H groups in total. The molecule has 5 nitrogen and oxygen atoms in total. The van der Waals surface area contributed by atoms with Crippen LogP contribution >= 0.6 is 11.3 Å². The van der Waals surface area contributed by atoms with Gasteiger partial charge in [-0.05, 0) is 54.9 Å². The van der Waals surface area contributed by atoms with Crippen molar-refractivity contribution >= 4 is 27.2 Å². The van der Waals surface area contributed by atoms with Gasteiger partial charge in [0, 0.05) is 10.6 Å². The molecule has 0 radical (unpaired) electrons. The van der Waals surface area contributed by atoms with Crippen LogP contribution in [0.5, 0.6) is 0 Å². The van der Waals surface area contributed by atoms with E-state index in [1.54, 1.807) is 11.3 Å². The van der Waals surface area contributed by atoms with Crippen LogP contribution in [0.4, 0.5) is 5.69 Å². The number of aryl methyl sites for hydroxylation is 2. The van der Waals surface area contributed by atoms with Crippen molar-refractivity contribution in [3.05, 3.63) is 56.4 Å². The van der Waals surface area contributed by atoms with Crippen molar-refractivity contribution in [1.29, 1.82) is 5.26 Å². The molecule has 2 heterocycles. The van der Waals surface area contributed by atoms with Gasteiger partial charge in [0.15, 0.2) is 0 Å². The smallest absolute Gasteiger partial charge is 0.263 e. The van der Waals surface area contributed by atoms with Gasteiger partial charge in [-0.25, -0.2) is 4.98 Å². The zero-order valence-corrected chi connectivity index (χ0v) is 17.1. The van der Waals surface area contributed by atoms with Crippen LogP contribution in [0.25, 0.3) is 10.2 Å². The van der Waals surface area contributed by atoms with E-state index in [4.69, 9.17) is 4.98 Å². The molecule has 1 aliphatic rings. The van der Waals surface area contributed by atoms with Crippen LogP contribution < -0.4 is 10.9 Å². The first-order valence-electron chi connectivity index (χ1n) is 9.83. The Labute approximate surface area is 168 Å². The van der Waals surface area contributed by atoms with Crippen LogP contribution in [0.1, 0.15) is 54.4 Å². The Kier molecular flexibility index (Phi) is 5.19.